The molecule has 0 fully saturated rings. The highest BCUT2D eigenvalue weighted by Crippen LogP contribution is 2.33. The molecule has 0 saturated heterocycles. The Hall–Kier alpha value is -1.40. The summed E-state index contributed by atoms with van der Waals surface area (Å²) in [5.41, 5.74) is 4.06. The van der Waals surface area contributed by atoms with E-state index in [2.05, 4.69) is 21.4 Å². The molecule has 3 nitrogen and oxygen atoms in total. The lowest BCUT2D eigenvalue weighted by molar-refractivity contribution is 0.477. The molecule has 21 heavy (non-hydrogen) atoms. The average Bonchev–Trinajstić information content (AvgIpc) is 2.84. The second-order valence-electron chi connectivity index (χ2n) is 4.60. The molecule has 0 saturated carbocycles. The van der Waals surface area contributed by atoms with E-state index >= 15 is 0 Å². The Morgan fingerprint density at radius 3 is 2.71 bits per heavy atom. The topological polar surface area (TPSA) is 51.2 Å². The zero-order valence-electron chi connectivity index (χ0n) is 10.7. The molecular weight excluding hydrogens is 359 g/mol. The van der Waals surface area contributed by atoms with Crippen LogP contribution in [0.15, 0.2) is 51.4 Å². The molecule has 1 aromatic heterocycles. The van der Waals surface area contributed by atoms with Crippen LogP contribution in [-0.2, 0) is 0 Å². The molecule has 0 radical (unpaired) electrons. The molecule has 1 unspecified atom stereocenters. The molecule has 1 atom stereocenters. The average molecular weight is 370 g/mol. The van der Waals surface area contributed by atoms with Crippen LogP contribution < -0.4 is 11.3 Å². The maximum Gasteiger partial charge on any atom is 0.134 e. The zero-order valence-corrected chi connectivity index (χ0v) is 13.1. The van der Waals surface area contributed by atoms with Crippen LogP contribution in [-0.4, -0.2) is 0 Å². The van der Waals surface area contributed by atoms with E-state index in [0.29, 0.717) is 21.8 Å². The monoisotopic (exact) mass is 368 g/mol. The van der Waals surface area contributed by atoms with Crippen LogP contribution in [0.5, 0.6) is 0 Å². The highest BCUT2D eigenvalue weighted by Gasteiger charge is 2.20. The normalized spacial score (nSPS) is 12.8. The van der Waals surface area contributed by atoms with Gasteiger partial charge >= 0.3 is 0 Å². The number of nitrogens with one attached hydrogen (secondary N) is 1. The maximum absolute atomic E-state index is 13.3. The number of fused-ring (bicyclic) bond motifs is 1. The lowest BCUT2D eigenvalue weighted by atomic mass is 10.0. The quantitative estimate of drug-likeness (QED) is 0.526. The molecule has 0 spiro atoms. The van der Waals surface area contributed by atoms with E-state index in [-0.39, 0.29) is 5.82 Å². The summed E-state index contributed by atoms with van der Waals surface area (Å²) in [6.07, 6.45) is 0. The van der Waals surface area contributed by atoms with E-state index in [4.69, 9.17) is 21.9 Å². The summed E-state index contributed by atoms with van der Waals surface area (Å²) in [7, 11) is 0. The van der Waals surface area contributed by atoms with Gasteiger partial charge in [-0.2, -0.15) is 0 Å². The summed E-state index contributed by atoms with van der Waals surface area (Å²) >= 11 is 9.61. The van der Waals surface area contributed by atoms with Gasteiger partial charge in [0, 0.05) is 14.9 Å². The van der Waals surface area contributed by atoms with E-state index in [1.807, 2.05) is 12.1 Å². The molecule has 3 aromatic rings. The maximum atomic E-state index is 13.3. The fourth-order valence-electron chi connectivity index (χ4n) is 2.24. The van der Waals surface area contributed by atoms with Crippen molar-refractivity contribution in [1.82, 2.24) is 5.43 Å². The van der Waals surface area contributed by atoms with Gasteiger partial charge in [0.1, 0.15) is 23.2 Å². The highest BCUT2D eigenvalue weighted by atomic mass is 79.9. The number of nitrogens with two attached hydrogens (primary N) is 1. The minimum absolute atomic E-state index is 0.311. The first-order valence-electron chi connectivity index (χ1n) is 6.18. The lowest BCUT2D eigenvalue weighted by Gasteiger charge is -2.15. The van der Waals surface area contributed by atoms with Crippen molar-refractivity contribution in [2.75, 3.05) is 0 Å². The number of benzene rings is 2. The Bertz CT molecular complexity index is 805. The van der Waals surface area contributed by atoms with Crippen LogP contribution in [0.1, 0.15) is 17.4 Å². The Morgan fingerprint density at radius 2 is 2.00 bits per heavy atom. The van der Waals surface area contributed by atoms with Gasteiger partial charge < -0.3 is 4.42 Å². The van der Waals surface area contributed by atoms with Crippen molar-refractivity contribution in [2.24, 2.45) is 5.84 Å². The summed E-state index contributed by atoms with van der Waals surface area (Å²) in [5.74, 6) is 5.90. The molecule has 0 amide bonds. The van der Waals surface area contributed by atoms with E-state index in [1.165, 1.54) is 12.1 Å². The van der Waals surface area contributed by atoms with Crippen molar-refractivity contribution in [3.63, 3.8) is 0 Å². The molecule has 3 rings (SSSR count). The standard InChI is InChI=1S/C15H11BrClFN2O/c16-9-1-3-11(12(17)7-9)15(20-19)14-6-8-5-10(18)2-4-13(8)21-14/h1-7,15,20H,19H2. The number of rotatable bonds is 3. The smallest absolute Gasteiger partial charge is 0.134 e. The number of hydrogen-bond acceptors (Lipinski definition) is 3. The predicted octanol–water partition coefficient (Wildman–Crippen LogP) is 4.54. The van der Waals surface area contributed by atoms with Crippen LogP contribution in [0.3, 0.4) is 0 Å². The van der Waals surface area contributed by atoms with E-state index in [1.54, 1.807) is 18.2 Å². The molecule has 1 heterocycles. The highest BCUT2D eigenvalue weighted by molar-refractivity contribution is 9.10. The van der Waals surface area contributed by atoms with E-state index < -0.39 is 6.04 Å². The fraction of sp³-hybridized carbons (Fsp3) is 0.0667. The first-order chi connectivity index (χ1) is 10.1. The van der Waals surface area contributed by atoms with Crippen molar-refractivity contribution in [3.05, 3.63) is 69.1 Å². The van der Waals surface area contributed by atoms with Crippen LogP contribution in [0.2, 0.25) is 5.02 Å². The third-order valence-corrected chi connectivity index (χ3v) is 4.04. The zero-order chi connectivity index (χ0) is 15.0. The van der Waals surface area contributed by atoms with Crippen LogP contribution in [0.4, 0.5) is 4.39 Å². The van der Waals surface area contributed by atoms with Gasteiger partial charge in [-0.1, -0.05) is 33.6 Å². The van der Waals surface area contributed by atoms with E-state index in [9.17, 15) is 4.39 Å². The van der Waals surface area contributed by atoms with Crippen molar-refractivity contribution in [3.8, 4) is 0 Å². The minimum Gasteiger partial charge on any atom is -0.459 e. The van der Waals surface area contributed by atoms with Crippen molar-refractivity contribution in [2.45, 2.75) is 6.04 Å². The lowest BCUT2D eigenvalue weighted by Crippen LogP contribution is -2.28. The molecular formula is C15H11BrClFN2O. The van der Waals surface area contributed by atoms with E-state index in [0.717, 1.165) is 10.0 Å². The van der Waals surface area contributed by atoms with Gasteiger partial charge in [0.05, 0.1) is 0 Å². The summed E-state index contributed by atoms with van der Waals surface area (Å²) in [6.45, 7) is 0. The number of hydrogen-bond donors (Lipinski definition) is 2. The van der Waals surface area contributed by atoms with Gasteiger partial charge in [-0.05, 0) is 42.0 Å². The molecule has 2 aromatic carbocycles. The third kappa shape index (κ3) is 2.82. The Balaban J connectivity index is 2.09. The predicted molar refractivity (Wildman–Crippen MR) is 84.5 cm³/mol. The van der Waals surface area contributed by atoms with Crippen LogP contribution >= 0.6 is 27.5 Å². The Morgan fingerprint density at radius 1 is 1.19 bits per heavy atom. The summed E-state index contributed by atoms with van der Waals surface area (Å²) in [6, 6.07) is 11.2. The molecule has 0 aliphatic rings. The fourth-order valence-corrected chi connectivity index (χ4v) is 3.02. The summed E-state index contributed by atoms with van der Waals surface area (Å²) < 4.78 is 19.9. The molecule has 0 bridgehead atoms. The van der Waals surface area contributed by atoms with Gasteiger partial charge in [0.2, 0.25) is 0 Å². The number of hydrazine groups is 1. The first kappa shape index (κ1) is 14.5. The van der Waals surface area contributed by atoms with Crippen LogP contribution in [0, 0.1) is 5.82 Å². The van der Waals surface area contributed by atoms with Gasteiger partial charge in [-0.25, -0.2) is 9.82 Å². The first-order valence-corrected chi connectivity index (χ1v) is 7.35. The molecule has 0 aliphatic carbocycles. The Kier molecular flexibility index (Phi) is 3.99. The SMILES string of the molecule is NNC(c1cc2cc(F)ccc2o1)c1ccc(Br)cc1Cl. The van der Waals surface area contributed by atoms with Gasteiger partial charge in [0.15, 0.2) is 0 Å². The third-order valence-electron chi connectivity index (χ3n) is 3.22. The molecule has 6 heteroatoms. The molecule has 0 aliphatic heterocycles. The van der Waals surface area contributed by atoms with Crippen molar-refractivity contribution < 1.29 is 8.81 Å². The summed E-state index contributed by atoms with van der Waals surface area (Å²) in [4.78, 5) is 0. The van der Waals surface area contributed by atoms with Gasteiger partial charge in [-0.3, -0.25) is 5.84 Å². The van der Waals surface area contributed by atoms with Gasteiger partial charge in [0.25, 0.3) is 0 Å². The minimum atomic E-state index is -0.416. The number of halogens is 3. The number of furan rings is 1. The second kappa shape index (κ2) is 5.77. The summed E-state index contributed by atoms with van der Waals surface area (Å²) in [5, 5.41) is 1.23. The Labute approximate surface area is 134 Å². The van der Waals surface area contributed by atoms with Crippen LogP contribution in [0.25, 0.3) is 11.0 Å². The second-order valence-corrected chi connectivity index (χ2v) is 5.92. The largest absolute Gasteiger partial charge is 0.459 e. The molecule has 108 valence electrons. The molecule has 3 N–H and O–H groups in total. The van der Waals surface area contributed by atoms with Gasteiger partial charge in [-0.15, -0.1) is 0 Å². The van der Waals surface area contributed by atoms with Crippen molar-refractivity contribution in [1.29, 1.82) is 0 Å². The van der Waals surface area contributed by atoms with Crippen molar-refractivity contribution >= 4 is 38.5 Å².